The van der Waals surface area contributed by atoms with Crippen LogP contribution in [0.5, 0.6) is 0 Å². The maximum absolute atomic E-state index is 12.9. The number of likely N-dealkylation sites (tertiary alicyclic amines) is 1. The Morgan fingerprint density at radius 2 is 1.86 bits per heavy atom. The van der Waals surface area contributed by atoms with Crippen molar-refractivity contribution in [1.29, 1.82) is 0 Å². The summed E-state index contributed by atoms with van der Waals surface area (Å²) in [6.07, 6.45) is 1.51. The van der Waals surface area contributed by atoms with Gasteiger partial charge in [-0.15, -0.1) is 0 Å². The van der Waals surface area contributed by atoms with Crippen molar-refractivity contribution < 1.29 is 19.2 Å². The van der Waals surface area contributed by atoms with Crippen molar-refractivity contribution in [1.82, 2.24) is 20.4 Å². The van der Waals surface area contributed by atoms with Crippen molar-refractivity contribution >= 4 is 23.6 Å². The Bertz CT molecular complexity index is 898. The average molecular weight is 382 g/mol. The number of carbonyl (C=O) groups is 4. The Balaban J connectivity index is 1.34. The summed E-state index contributed by atoms with van der Waals surface area (Å²) in [6, 6.07) is 4.98. The van der Waals surface area contributed by atoms with Gasteiger partial charge in [0.05, 0.1) is 11.1 Å². The van der Waals surface area contributed by atoms with Gasteiger partial charge in [-0.2, -0.15) is 0 Å². The Hall–Kier alpha value is -2.58. The first-order valence-electron chi connectivity index (χ1n) is 9.82. The van der Waals surface area contributed by atoms with Crippen LogP contribution >= 0.6 is 0 Å². The van der Waals surface area contributed by atoms with Crippen LogP contribution in [-0.4, -0.2) is 65.1 Å². The van der Waals surface area contributed by atoms with Crippen LogP contribution in [0.25, 0.3) is 0 Å². The van der Waals surface area contributed by atoms with Gasteiger partial charge in [0.1, 0.15) is 6.04 Å². The van der Waals surface area contributed by atoms with E-state index in [4.69, 9.17) is 0 Å². The second-order valence-corrected chi connectivity index (χ2v) is 8.08. The van der Waals surface area contributed by atoms with Gasteiger partial charge in [-0.1, -0.05) is 6.07 Å². The van der Waals surface area contributed by atoms with Crippen molar-refractivity contribution in [2.75, 3.05) is 19.6 Å². The number of imide groups is 2. The fraction of sp³-hybridized carbons (Fsp3) is 0.500. The third kappa shape index (κ3) is 2.67. The van der Waals surface area contributed by atoms with Gasteiger partial charge in [-0.3, -0.25) is 34.3 Å². The lowest BCUT2D eigenvalue weighted by Gasteiger charge is -2.51. The van der Waals surface area contributed by atoms with E-state index in [0.717, 1.165) is 42.6 Å². The highest BCUT2D eigenvalue weighted by atomic mass is 16.2. The molecule has 8 heteroatoms. The van der Waals surface area contributed by atoms with Gasteiger partial charge in [-0.05, 0) is 43.0 Å². The molecule has 4 aliphatic heterocycles. The molecule has 1 unspecified atom stereocenters. The minimum Gasteiger partial charge on any atom is -0.315 e. The summed E-state index contributed by atoms with van der Waals surface area (Å²) >= 11 is 0. The van der Waals surface area contributed by atoms with Crippen LogP contribution in [-0.2, 0) is 16.1 Å². The first-order valence-corrected chi connectivity index (χ1v) is 9.82. The molecule has 0 saturated carbocycles. The summed E-state index contributed by atoms with van der Waals surface area (Å²) in [5.41, 5.74) is 1.68. The van der Waals surface area contributed by atoms with Gasteiger partial charge >= 0.3 is 0 Å². The minimum absolute atomic E-state index is 0.126. The number of fused-ring (bicyclic) bond motifs is 2. The fourth-order valence-corrected chi connectivity index (χ4v) is 4.87. The highest BCUT2D eigenvalue weighted by Crippen LogP contribution is 2.33. The van der Waals surface area contributed by atoms with Crippen molar-refractivity contribution in [3.05, 3.63) is 34.9 Å². The molecule has 3 saturated heterocycles. The molecule has 1 aromatic carbocycles. The largest absolute Gasteiger partial charge is 0.315 e. The summed E-state index contributed by atoms with van der Waals surface area (Å²) in [7, 11) is 0. The molecule has 0 aromatic heterocycles. The smallest absolute Gasteiger partial charge is 0.262 e. The van der Waals surface area contributed by atoms with E-state index in [1.807, 2.05) is 6.07 Å². The van der Waals surface area contributed by atoms with E-state index in [9.17, 15) is 19.2 Å². The predicted molar refractivity (Wildman–Crippen MR) is 98.3 cm³/mol. The number of amides is 4. The lowest BCUT2D eigenvalue weighted by molar-refractivity contribution is -0.136. The molecule has 1 aromatic rings. The van der Waals surface area contributed by atoms with Crippen molar-refractivity contribution in [3.63, 3.8) is 0 Å². The first-order chi connectivity index (χ1) is 13.5. The molecule has 28 heavy (non-hydrogen) atoms. The molecule has 0 bridgehead atoms. The van der Waals surface area contributed by atoms with E-state index in [1.54, 1.807) is 12.1 Å². The van der Waals surface area contributed by atoms with Gasteiger partial charge in [0.2, 0.25) is 11.8 Å². The van der Waals surface area contributed by atoms with Gasteiger partial charge in [0.15, 0.2) is 0 Å². The molecule has 4 amide bonds. The summed E-state index contributed by atoms with van der Waals surface area (Å²) in [4.78, 5) is 52.6. The number of hydrogen-bond acceptors (Lipinski definition) is 6. The molecule has 0 radical (unpaired) electrons. The van der Waals surface area contributed by atoms with E-state index in [-0.39, 0.29) is 18.7 Å². The molecule has 3 atom stereocenters. The Morgan fingerprint density at radius 3 is 2.64 bits per heavy atom. The average Bonchev–Trinajstić information content (AvgIpc) is 2.91. The van der Waals surface area contributed by atoms with Gasteiger partial charge in [0.25, 0.3) is 11.8 Å². The zero-order valence-electron chi connectivity index (χ0n) is 15.4. The molecular formula is C20H22N4O4. The maximum atomic E-state index is 12.9. The lowest BCUT2D eigenvalue weighted by atomic mass is 9.83. The van der Waals surface area contributed by atoms with E-state index in [1.165, 1.54) is 6.42 Å². The fourth-order valence-electron chi connectivity index (χ4n) is 4.87. The number of nitrogens with zero attached hydrogens (tertiary/aromatic N) is 2. The minimum atomic E-state index is -0.919. The van der Waals surface area contributed by atoms with E-state index >= 15 is 0 Å². The molecule has 2 N–H and O–H groups in total. The molecule has 4 aliphatic rings. The number of rotatable bonds is 3. The van der Waals surface area contributed by atoms with E-state index in [0.29, 0.717) is 17.2 Å². The highest BCUT2D eigenvalue weighted by Gasteiger charge is 2.45. The quantitative estimate of drug-likeness (QED) is 0.708. The van der Waals surface area contributed by atoms with E-state index in [2.05, 4.69) is 15.5 Å². The van der Waals surface area contributed by atoms with Crippen molar-refractivity contribution in [3.8, 4) is 0 Å². The third-order valence-corrected chi connectivity index (χ3v) is 6.42. The number of benzene rings is 1. The second kappa shape index (κ2) is 6.49. The Morgan fingerprint density at radius 1 is 1.04 bits per heavy atom. The molecule has 8 nitrogen and oxygen atoms in total. The van der Waals surface area contributed by atoms with Gasteiger partial charge in [0, 0.05) is 32.1 Å². The molecule has 5 rings (SSSR count). The molecule has 3 fully saturated rings. The van der Waals surface area contributed by atoms with Crippen LogP contribution in [0, 0.1) is 5.92 Å². The second-order valence-electron chi connectivity index (χ2n) is 8.08. The zero-order valence-corrected chi connectivity index (χ0v) is 15.4. The topological polar surface area (TPSA) is 98.8 Å². The summed E-state index contributed by atoms with van der Waals surface area (Å²) < 4.78 is 0. The van der Waals surface area contributed by atoms with Crippen LogP contribution in [0.2, 0.25) is 0 Å². The molecule has 0 aliphatic carbocycles. The molecular weight excluding hydrogens is 360 g/mol. The zero-order chi connectivity index (χ0) is 19.4. The van der Waals surface area contributed by atoms with Gasteiger partial charge < -0.3 is 5.32 Å². The van der Waals surface area contributed by atoms with Crippen molar-refractivity contribution in [2.45, 2.75) is 37.9 Å². The summed E-state index contributed by atoms with van der Waals surface area (Å²) in [5, 5.41) is 5.64. The molecule has 146 valence electrons. The highest BCUT2D eigenvalue weighted by molar-refractivity contribution is 6.23. The first kappa shape index (κ1) is 17.5. The molecule has 4 heterocycles. The van der Waals surface area contributed by atoms with E-state index < -0.39 is 23.8 Å². The van der Waals surface area contributed by atoms with Crippen molar-refractivity contribution in [2.24, 2.45) is 5.92 Å². The predicted octanol–water partition coefficient (Wildman–Crippen LogP) is -0.118. The maximum Gasteiger partial charge on any atom is 0.262 e. The SMILES string of the molecule is O=C1CCC(N2C(=O)c3ccc(CN4C[C@H]5CCNC[C@H]54)cc3C2=O)C(=O)N1. The third-order valence-electron chi connectivity index (χ3n) is 6.42. The number of carbonyl (C=O) groups excluding carboxylic acids is 4. The van der Waals surface area contributed by atoms with Crippen LogP contribution in [0.4, 0.5) is 0 Å². The van der Waals surface area contributed by atoms with Crippen LogP contribution in [0.3, 0.4) is 0 Å². The summed E-state index contributed by atoms with van der Waals surface area (Å²) in [5.74, 6) is -1.10. The summed E-state index contributed by atoms with van der Waals surface area (Å²) in [6.45, 7) is 3.89. The monoisotopic (exact) mass is 382 g/mol. The van der Waals surface area contributed by atoms with Crippen LogP contribution < -0.4 is 10.6 Å². The Kier molecular flexibility index (Phi) is 4.06. The van der Waals surface area contributed by atoms with Crippen LogP contribution in [0.15, 0.2) is 18.2 Å². The number of hydrogen-bond donors (Lipinski definition) is 2. The van der Waals surface area contributed by atoms with Crippen LogP contribution in [0.1, 0.15) is 45.5 Å². The lowest BCUT2D eigenvalue weighted by Crippen LogP contribution is -2.62. The Labute approximate surface area is 162 Å². The number of nitrogens with one attached hydrogen (secondary N) is 2. The van der Waals surface area contributed by atoms with Gasteiger partial charge in [-0.25, -0.2) is 0 Å². The normalized spacial score (nSPS) is 30.0. The molecule has 0 spiro atoms. The standard InChI is InChI=1S/C20H22N4O4/c25-17-4-3-15(18(26)22-17)24-19(27)13-2-1-11(7-14(13)20(24)28)9-23-10-12-5-6-21-8-16(12)23/h1-2,7,12,15-16,21H,3-6,8-10H2,(H,22,25,26)/t12-,15?,16-/m1/s1. The number of piperidine rings is 2.